The fourth-order valence-electron chi connectivity index (χ4n) is 4.68. The standard InChI is InChI=1S/C27H34N4O4/c1-19(28-25(32)17-20-12-13-23(34-2)24(16-20)35-3)27-29-21-10-6-7-11-22(21)31(27)18-26(33)30-14-8-4-5-9-15-30/h6-7,10-13,16,19H,4-5,8-9,14-15,17-18H2,1-3H3,(H,28,32). The molecule has 8 heteroatoms. The molecule has 2 amide bonds. The highest BCUT2D eigenvalue weighted by Gasteiger charge is 2.23. The average molecular weight is 479 g/mol. The summed E-state index contributed by atoms with van der Waals surface area (Å²) >= 11 is 0. The topological polar surface area (TPSA) is 85.7 Å². The van der Waals surface area contributed by atoms with Gasteiger partial charge in [-0.05, 0) is 49.6 Å². The number of ether oxygens (including phenoxy) is 2. The number of methoxy groups -OCH3 is 2. The Morgan fingerprint density at radius 1 is 1.00 bits per heavy atom. The van der Waals surface area contributed by atoms with Gasteiger partial charge in [-0.15, -0.1) is 0 Å². The summed E-state index contributed by atoms with van der Waals surface area (Å²) in [7, 11) is 3.15. The molecule has 8 nitrogen and oxygen atoms in total. The Balaban J connectivity index is 1.51. The SMILES string of the molecule is COc1ccc(CC(=O)NC(C)c2nc3ccccc3n2CC(=O)N2CCCCCC2)cc1OC. The van der Waals surface area contributed by atoms with Crippen LogP contribution in [-0.4, -0.2) is 53.6 Å². The third kappa shape index (κ3) is 5.75. The molecule has 1 aliphatic heterocycles. The second-order valence-corrected chi connectivity index (χ2v) is 9.00. The molecule has 0 aliphatic carbocycles. The van der Waals surface area contributed by atoms with Crippen LogP contribution >= 0.6 is 0 Å². The molecular weight excluding hydrogens is 444 g/mol. The highest BCUT2D eigenvalue weighted by Crippen LogP contribution is 2.28. The number of hydrogen-bond acceptors (Lipinski definition) is 5. The van der Waals surface area contributed by atoms with Crippen molar-refractivity contribution in [3.63, 3.8) is 0 Å². The molecule has 1 aliphatic rings. The number of fused-ring (bicyclic) bond motifs is 1. The smallest absolute Gasteiger partial charge is 0.242 e. The van der Waals surface area contributed by atoms with E-state index in [9.17, 15) is 9.59 Å². The number of amides is 2. The van der Waals surface area contributed by atoms with Crippen molar-refractivity contribution in [3.8, 4) is 11.5 Å². The van der Waals surface area contributed by atoms with Crippen LogP contribution in [0.5, 0.6) is 11.5 Å². The van der Waals surface area contributed by atoms with Crippen LogP contribution in [0.3, 0.4) is 0 Å². The number of rotatable bonds is 8. The molecule has 0 saturated carbocycles. The van der Waals surface area contributed by atoms with E-state index in [1.54, 1.807) is 26.4 Å². The summed E-state index contributed by atoms with van der Waals surface area (Å²) in [5, 5.41) is 3.06. The minimum absolute atomic E-state index is 0.0974. The number of carbonyl (C=O) groups excluding carboxylic acids is 2. The van der Waals surface area contributed by atoms with Gasteiger partial charge in [0.1, 0.15) is 12.4 Å². The van der Waals surface area contributed by atoms with Crippen LogP contribution in [0.15, 0.2) is 42.5 Å². The quantitative estimate of drug-likeness (QED) is 0.531. The molecule has 2 aromatic carbocycles. The van der Waals surface area contributed by atoms with Crippen LogP contribution in [0.4, 0.5) is 0 Å². The van der Waals surface area contributed by atoms with Crippen molar-refractivity contribution >= 4 is 22.8 Å². The largest absolute Gasteiger partial charge is 0.493 e. The molecular formula is C27H34N4O4. The Morgan fingerprint density at radius 3 is 2.43 bits per heavy atom. The van der Waals surface area contributed by atoms with E-state index in [1.807, 2.05) is 46.7 Å². The first-order valence-corrected chi connectivity index (χ1v) is 12.2. The maximum Gasteiger partial charge on any atom is 0.242 e. The van der Waals surface area contributed by atoms with Gasteiger partial charge < -0.3 is 24.3 Å². The molecule has 1 saturated heterocycles. The van der Waals surface area contributed by atoms with Gasteiger partial charge in [0.2, 0.25) is 11.8 Å². The first-order valence-electron chi connectivity index (χ1n) is 12.2. The van der Waals surface area contributed by atoms with E-state index >= 15 is 0 Å². The molecule has 4 rings (SSSR count). The van der Waals surface area contributed by atoms with Crippen molar-refractivity contribution in [2.45, 2.75) is 51.6 Å². The number of hydrogen-bond donors (Lipinski definition) is 1. The number of carbonyl (C=O) groups is 2. The van der Waals surface area contributed by atoms with Crippen LogP contribution in [0.2, 0.25) is 0 Å². The molecule has 186 valence electrons. The summed E-state index contributed by atoms with van der Waals surface area (Å²) in [5.74, 6) is 1.84. The molecule has 1 fully saturated rings. The van der Waals surface area contributed by atoms with Crippen molar-refractivity contribution in [2.24, 2.45) is 0 Å². The highest BCUT2D eigenvalue weighted by atomic mass is 16.5. The lowest BCUT2D eigenvalue weighted by atomic mass is 10.1. The predicted molar refractivity (Wildman–Crippen MR) is 135 cm³/mol. The summed E-state index contributed by atoms with van der Waals surface area (Å²) in [6.07, 6.45) is 4.63. The maximum atomic E-state index is 13.2. The van der Waals surface area contributed by atoms with E-state index < -0.39 is 0 Å². The molecule has 2 heterocycles. The molecule has 1 aromatic heterocycles. The van der Waals surface area contributed by atoms with Crippen LogP contribution < -0.4 is 14.8 Å². The molecule has 0 radical (unpaired) electrons. The van der Waals surface area contributed by atoms with Crippen molar-refractivity contribution in [1.29, 1.82) is 0 Å². The summed E-state index contributed by atoms with van der Waals surface area (Å²) in [4.78, 5) is 32.8. The number of benzene rings is 2. The zero-order valence-electron chi connectivity index (χ0n) is 20.8. The molecule has 0 spiro atoms. The third-order valence-electron chi connectivity index (χ3n) is 6.51. The lowest BCUT2D eigenvalue weighted by Gasteiger charge is -2.22. The second-order valence-electron chi connectivity index (χ2n) is 9.00. The number of nitrogens with one attached hydrogen (secondary N) is 1. The van der Waals surface area contributed by atoms with E-state index in [0.29, 0.717) is 17.3 Å². The van der Waals surface area contributed by atoms with Crippen LogP contribution in [-0.2, 0) is 22.6 Å². The monoisotopic (exact) mass is 478 g/mol. The van der Waals surface area contributed by atoms with Gasteiger partial charge in [-0.25, -0.2) is 4.98 Å². The molecule has 1 unspecified atom stereocenters. The minimum Gasteiger partial charge on any atom is -0.493 e. The second kappa shape index (κ2) is 11.3. The number of aromatic nitrogens is 2. The van der Waals surface area contributed by atoms with Gasteiger partial charge in [-0.1, -0.05) is 31.0 Å². The Hall–Kier alpha value is -3.55. The predicted octanol–water partition coefficient (Wildman–Crippen LogP) is 3.88. The summed E-state index contributed by atoms with van der Waals surface area (Å²) < 4.78 is 12.6. The molecule has 3 aromatic rings. The zero-order valence-corrected chi connectivity index (χ0v) is 20.8. The van der Waals surface area contributed by atoms with Gasteiger partial charge in [0.25, 0.3) is 0 Å². The van der Waals surface area contributed by atoms with Gasteiger partial charge in [-0.3, -0.25) is 9.59 Å². The molecule has 1 atom stereocenters. The van der Waals surface area contributed by atoms with Crippen molar-refractivity contribution < 1.29 is 19.1 Å². The van der Waals surface area contributed by atoms with Crippen LogP contribution in [0.1, 0.15) is 50.0 Å². The summed E-state index contributed by atoms with van der Waals surface area (Å²) in [6.45, 7) is 3.73. The van der Waals surface area contributed by atoms with Gasteiger partial charge >= 0.3 is 0 Å². The number of imidazole rings is 1. The van der Waals surface area contributed by atoms with Crippen molar-refractivity contribution in [1.82, 2.24) is 19.8 Å². The van der Waals surface area contributed by atoms with Gasteiger partial charge in [0, 0.05) is 13.1 Å². The van der Waals surface area contributed by atoms with Crippen LogP contribution in [0.25, 0.3) is 11.0 Å². The summed E-state index contributed by atoms with van der Waals surface area (Å²) in [5.41, 5.74) is 2.52. The first-order chi connectivity index (χ1) is 17.0. The Morgan fingerprint density at radius 2 is 1.71 bits per heavy atom. The van der Waals surface area contributed by atoms with Crippen LogP contribution in [0, 0.1) is 0 Å². The minimum atomic E-state index is -0.369. The summed E-state index contributed by atoms with van der Waals surface area (Å²) in [6, 6.07) is 12.9. The maximum absolute atomic E-state index is 13.2. The fourth-order valence-corrected chi connectivity index (χ4v) is 4.68. The van der Waals surface area contributed by atoms with E-state index in [-0.39, 0.29) is 30.8 Å². The van der Waals surface area contributed by atoms with E-state index in [4.69, 9.17) is 14.5 Å². The lowest BCUT2D eigenvalue weighted by molar-refractivity contribution is -0.131. The van der Waals surface area contributed by atoms with Gasteiger partial charge in [-0.2, -0.15) is 0 Å². The van der Waals surface area contributed by atoms with Crippen molar-refractivity contribution in [3.05, 3.63) is 53.9 Å². The lowest BCUT2D eigenvalue weighted by Crippen LogP contribution is -2.36. The van der Waals surface area contributed by atoms with Gasteiger partial charge in [0.15, 0.2) is 11.5 Å². The average Bonchev–Trinajstić information content (AvgIpc) is 3.02. The fraction of sp³-hybridized carbons (Fsp3) is 0.444. The Kier molecular flexibility index (Phi) is 7.90. The van der Waals surface area contributed by atoms with Gasteiger partial charge in [0.05, 0.1) is 37.7 Å². The third-order valence-corrected chi connectivity index (χ3v) is 6.51. The Labute approximate surface area is 206 Å². The Bertz CT molecular complexity index is 1180. The highest BCUT2D eigenvalue weighted by molar-refractivity contribution is 5.82. The molecule has 35 heavy (non-hydrogen) atoms. The van der Waals surface area contributed by atoms with E-state index in [2.05, 4.69) is 5.32 Å². The first kappa shape index (κ1) is 24.6. The normalized spacial score (nSPS) is 14.9. The molecule has 0 bridgehead atoms. The van der Waals surface area contributed by atoms with E-state index in [1.165, 1.54) is 12.8 Å². The van der Waals surface area contributed by atoms with Crippen molar-refractivity contribution in [2.75, 3.05) is 27.3 Å². The number of likely N-dealkylation sites (tertiary alicyclic amines) is 1. The molecule has 1 N–H and O–H groups in total. The number of nitrogens with zero attached hydrogens (tertiary/aromatic N) is 3. The zero-order chi connectivity index (χ0) is 24.8. The van der Waals surface area contributed by atoms with E-state index in [0.717, 1.165) is 42.5 Å². The number of para-hydroxylation sites is 2.